The molecule has 3 aliphatic rings. The second-order valence-electron chi connectivity index (χ2n) is 11.1. The zero-order valence-corrected chi connectivity index (χ0v) is 24.6. The summed E-state index contributed by atoms with van der Waals surface area (Å²) >= 11 is 3.49. The van der Waals surface area contributed by atoms with Gasteiger partial charge in [-0.15, -0.1) is 0 Å². The quantitative estimate of drug-likeness (QED) is 0.325. The van der Waals surface area contributed by atoms with Gasteiger partial charge in [-0.2, -0.15) is 0 Å². The van der Waals surface area contributed by atoms with E-state index in [0.29, 0.717) is 13.2 Å². The van der Waals surface area contributed by atoms with E-state index in [0.717, 1.165) is 21.2 Å². The lowest BCUT2D eigenvalue weighted by Crippen LogP contribution is -2.61. The summed E-state index contributed by atoms with van der Waals surface area (Å²) < 4.78 is 26.2. The molecule has 9 heteroatoms. The van der Waals surface area contributed by atoms with Crippen molar-refractivity contribution in [1.29, 1.82) is 0 Å². The summed E-state index contributed by atoms with van der Waals surface area (Å²) in [5.74, 6) is -1.09. The number of ether oxygens (including phenoxy) is 4. The lowest BCUT2D eigenvalue weighted by molar-refractivity contribution is -0.227. The third-order valence-corrected chi connectivity index (χ3v) is 8.23. The van der Waals surface area contributed by atoms with Crippen molar-refractivity contribution in [2.75, 3.05) is 0 Å². The molecule has 0 bridgehead atoms. The summed E-state index contributed by atoms with van der Waals surface area (Å²) in [5, 5.41) is 0. The van der Waals surface area contributed by atoms with E-state index >= 15 is 0 Å². The van der Waals surface area contributed by atoms with Crippen LogP contribution in [0.3, 0.4) is 0 Å². The first kappa shape index (κ1) is 28.1. The topological polar surface area (TPSA) is 77.5 Å². The largest absolute Gasteiger partial charge is 0.368 e. The SMILES string of the molecule is CC1(C)O[C@H]2O[C@H](C3CC(=O)N(Cc4ccccc4)C(=O)N3Cc3ccc(Br)cc3)[C@H](OCc3ccccc3)[C@H]2O1. The smallest absolute Gasteiger partial charge is 0.327 e. The Balaban J connectivity index is 1.31. The normalized spacial score (nSPS) is 27.3. The standard InChI is InChI=1S/C32H33BrN2O6/c1-32(2)40-29-28(38-20-23-11-7-4-8-12-23)27(39-30(29)41-32)25-17-26(36)35(19-21-9-5-3-6-10-21)31(37)34(25)18-22-13-15-24(33)16-14-22/h3-16,25,27-30H,17-20H2,1-2H3/t25?,27-,28+,29-,30-/m1/s1. The molecular weight excluding hydrogens is 588 g/mol. The third-order valence-electron chi connectivity index (χ3n) is 7.70. The fourth-order valence-electron chi connectivity index (χ4n) is 5.76. The number of carbonyl (C=O) groups is 2. The number of halogens is 1. The highest BCUT2D eigenvalue weighted by Gasteiger charge is 2.59. The predicted octanol–water partition coefficient (Wildman–Crippen LogP) is 5.63. The molecule has 3 aromatic carbocycles. The first-order chi connectivity index (χ1) is 19.8. The molecule has 3 fully saturated rings. The third kappa shape index (κ3) is 6.10. The maximum Gasteiger partial charge on any atom is 0.327 e. The van der Waals surface area contributed by atoms with Crippen molar-refractivity contribution in [3.8, 4) is 0 Å². The molecule has 3 amide bonds. The molecule has 0 aromatic heterocycles. The van der Waals surface area contributed by atoms with E-state index in [1.807, 2.05) is 98.8 Å². The van der Waals surface area contributed by atoms with Gasteiger partial charge in [-0.05, 0) is 42.7 Å². The summed E-state index contributed by atoms with van der Waals surface area (Å²) in [6.07, 6.45) is -2.26. The van der Waals surface area contributed by atoms with Crippen LogP contribution in [0.25, 0.3) is 0 Å². The molecule has 3 saturated heterocycles. The molecule has 1 unspecified atom stereocenters. The van der Waals surface area contributed by atoms with E-state index in [1.165, 1.54) is 4.90 Å². The first-order valence-electron chi connectivity index (χ1n) is 13.8. The molecule has 41 heavy (non-hydrogen) atoms. The number of imide groups is 1. The van der Waals surface area contributed by atoms with Crippen LogP contribution in [-0.4, -0.2) is 58.2 Å². The predicted molar refractivity (Wildman–Crippen MR) is 154 cm³/mol. The van der Waals surface area contributed by atoms with Crippen molar-refractivity contribution in [3.05, 3.63) is 106 Å². The van der Waals surface area contributed by atoms with Gasteiger partial charge in [0.2, 0.25) is 5.91 Å². The summed E-state index contributed by atoms with van der Waals surface area (Å²) in [7, 11) is 0. The van der Waals surface area contributed by atoms with Crippen molar-refractivity contribution in [1.82, 2.24) is 9.80 Å². The minimum atomic E-state index is -0.837. The summed E-state index contributed by atoms with van der Waals surface area (Å²) in [4.78, 5) is 30.7. The van der Waals surface area contributed by atoms with E-state index in [-0.39, 0.29) is 24.9 Å². The van der Waals surface area contributed by atoms with Crippen LogP contribution >= 0.6 is 15.9 Å². The molecule has 0 saturated carbocycles. The Kier molecular flexibility index (Phi) is 7.98. The zero-order valence-electron chi connectivity index (χ0n) is 23.0. The number of urea groups is 1. The fourth-order valence-corrected chi connectivity index (χ4v) is 6.02. The average molecular weight is 622 g/mol. The number of fused-ring (bicyclic) bond motifs is 1. The number of hydrogen-bond acceptors (Lipinski definition) is 6. The van der Waals surface area contributed by atoms with Crippen LogP contribution in [0.15, 0.2) is 89.4 Å². The van der Waals surface area contributed by atoms with Crippen molar-refractivity contribution in [2.45, 2.75) is 76.4 Å². The van der Waals surface area contributed by atoms with Gasteiger partial charge in [-0.25, -0.2) is 4.79 Å². The Bertz CT molecular complexity index is 1370. The van der Waals surface area contributed by atoms with Crippen LogP contribution in [0.4, 0.5) is 4.79 Å². The Morgan fingerprint density at radius 2 is 1.46 bits per heavy atom. The molecular formula is C32H33BrN2O6. The molecule has 3 aromatic rings. The summed E-state index contributed by atoms with van der Waals surface area (Å²) in [6, 6.07) is 26.3. The van der Waals surface area contributed by atoms with Crippen LogP contribution in [0.1, 0.15) is 37.0 Å². The van der Waals surface area contributed by atoms with Gasteiger partial charge in [0.05, 0.1) is 25.6 Å². The van der Waals surface area contributed by atoms with Crippen LogP contribution in [0, 0.1) is 0 Å². The molecule has 3 aliphatic heterocycles. The van der Waals surface area contributed by atoms with Crippen LogP contribution in [0.2, 0.25) is 0 Å². The number of hydrogen-bond donors (Lipinski definition) is 0. The molecule has 0 aliphatic carbocycles. The maximum absolute atomic E-state index is 14.1. The van der Waals surface area contributed by atoms with Crippen molar-refractivity contribution in [2.24, 2.45) is 0 Å². The summed E-state index contributed by atoms with van der Waals surface area (Å²) in [5.41, 5.74) is 2.83. The van der Waals surface area contributed by atoms with Gasteiger partial charge < -0.3 is 23.8 Å². The molecule has 5 atom stereocenters. The lowest BCUT2D eigenvalue weighted by atomic mass is 9.95. The maximum atomic E-state index is 14.1. The van der Waals surface area contributed by atoms with Crippen LogP contribution in [0.5, 0.6) is 0 Å². The molecule has 8 nitrogen and oxygen atoms in total. The van der Waals surface area contributed by atoms with E-state index < -0.39 is 36.4 Å². The van der Waals surface area contributed by atoms with Gasteiger partial charge in [0, 0.05) is 11.0 Å². The number of nitrogens with zero attached hydrogens (tertiary/aromatic N) is 2. The van der Waals surface area contributed by atoms with Gasteiger partial charge >= 0.3 is 6.03 Å². The zero-order chi connectivity index (χ0) is 28.6. The molecule has 0 N–H and O–H groups in total. The highest BCUT2D eigenvalue weighted by molar-refractivity contribution is 9.10. The lowest BCUT2D eigenvalue weighted by Gasteiger charge is -2.44. The Hall–Kier alpha value is -3.08. The number of rotatable bonds is 8. The van der Waals surface area contributed by atoms with Gasteiger partial charge in [0.1, 0.15) is 18.3 Å². The number of amides is 3. The minimum absolute atomic E-state index is 0.0911. The van der Waals surface area contributed by atoms with Crippen molar-refractivity contribution in [3.63, 3.8) is 0 Å². The van der Waals surface area contributed by atoms with Gasteiger partial charge in [-0.3, -0.25) is 9.69 Å². The minimum Gasteiger partial charge on any atom is -0.368 e. The van der Waals surface area contributed by atoms with Crippen molar-refractivity contribution < 1.29 is 28.5 Å². The molecule has 0 spiro atoms. The van der Waals surface area contributed by atoms with Crippen LogP contribution < -0.4 is 0 Å². The van der Waals surface area contributed by atoms with E-state index in [1.54, 1.807) is 4.90 Å². The highest BCUT2D eigenvalue weighted by Crippen LogP contribution is 2.42. The Morgan fingerprint density at radius 1 is 0.829 bits per heavy atom. The molecule has 214 valence electrons. The van der Waals surface area contributed by atoms with Gasteiger partial charge in [0.15, 0.2) is 12.1 Å². The fraction of sp³-hybridized carbons (Fsp3) is 0.375. The van der Waals surface area contributed by atoms with E-state index in [2.05, 4.69) is 15.9 Å². The first-order valence-corrected chi connectivity index (χ1v) is 14.6. The van der Waals surface area contributed by atoms with Gasteiger partial charge in [-0.1, -0.05) is 88.7 Å². The monoisotopic (exact) mass is 620 g/mol. The van der Waals surface area contributed by atoms with E-state index in [9.17, 15) is 9.59 Å². The number of benzene rings is 3. The van der Waals surface area contributed by atoms with Crippen LogP contribution in [-0.2, 0) is 43.4 Å². The Labute approximate surface area is 248 Å². The summed E-state index contributed by atoms with van der Waals surface area (Å²) in [6.45, 7) is 4.52. The second-order valence-corrected chi connectivity index (χ2v) is 12.0. The molecule has 6 rings (SSSR count). The van der Waals surface area contributed by atoms with Crippen molar-refractivity contribution >= 4 is 27.9 Å². The highest BCUT2D eigenvalue weighted by atomic mass is 79.9. The van der Waals surface area contributed by atoms with Gasteiger partial charge in [0.25, 0.3) is 0 Å². The molecule has 3 heterocycles. The Morgan fingerprint density at radius 3 is 2.15 bits per heavy atom. The van der Waals surface area contributed by atoms with E-state index in [4.69, 9.17) is 18.9 Å². The second kappa shape index (κ2) is 11.7. The average Bonchev–Trinajstić information content (AvgIpc) is 3.44. The molecule has 0 radical (unpaired) electrons. The number of carbonyl (C=O) groups excluding carboxylic acids is 2.